The molecule has 0 bridgehead atoms. The van der Waals surface area contributed by atoms with Crippen LogP contribution in [0.4, 0.5) is 0 Å². The maximum absolute atomic E-state index is 4.87. The van der Waals surface area contributed by atoms with Gasteiger partial charge in [-0.3, -0.25) is 0 Å². The number of thiocarbonyl (C=S) groups is 1. The van der Waals surface area contributed by atoms with Crippen molar-refractivity contribution >= 4 is 17.2 Å². The van der Waals surface area contributed by atoms with Crippen molar-refractivity contribution in [3.63, 3.8) is 0 Å². The van der Waals surface area contributed by atoms with Gasteiger partial charge in [0.1, 0.15) is 4.99 Å². The molecular weight excluding hydrogens is 132 g/mol. The van der Waals surface area contributed by atoms with Gasteiger partial charge in [0.05, 0.1) is 0 Å². The van der Waals surface area contributed by atoms with Crippen molar-refractivity contribution < 1.29 is 0 Å². The van der Waals surface area contributed by atoms with Gasteiger partial charge in [-0.1, -0.05) is 12.2 Å². The van der Waals surface area contributed by atoms with Gasteiger partial charge in [-0.05, 0) is 13.0 Å². The Morgan fingerprint density at radius 2 is 1.89 bits per heavy atom. The molecular formula is C6H12N2S. The molecule has 0 aromatic heterocycles. The van der Waals surface area contributed by atoms with Crippen LogP contribution in [0.15, 0.2) is 11.8 Å². The van der Waals surface area contributed by atoms with Gasteiger partial charge in [0.25, 0.3) is 0 Å². The summed E-state index contributed by atoms with van der Waals surface area (Å²) < 4.78 is 0. The third-order valence-corrected chi connectivity index (χ3v) is 1.31. The Bertz CT molecular complexity index is 129. The zero-order valence-electron chi connectivity index (χ0n) is 5.99. The van der Waals surface area contributed by atoms with Gasteiger partial charge < -0.3 is 10.6 Å². The number of hydrogen-bond donors (Lipinski definition) is 2. The minimum Gasteiger partial charge on any atom is -0.392 e. The summed E-state index contributed by atoms with van der Waals surface area (Å²) in [6, 6.07) is 0. The van der Waals surface area contributed by atoms with Crippen molar-refractivity contribution in [3.05, 3.63) is 11.8 Å². The molecule has 0 aromatic rings. The first-order chi connectivity index (χ1) is 4.20. The van der Waals surface area contributed by atoms with E-state index < -0.39 is 0 Å². The van der Waals surface area contributed by atoms with Crippen LogP contribution in [0.25, 0.3) is 0 Å². The number of hydrogen-bond acceptors (Lipinski definition) is 2. The standard InChI is InChI=1S/C6H12N2S/c1-5(7-2)4-6(9)8-3/h4,7H,1-3H3,(H,8,9)/b5-4+. The Hall–Kier alpha value is -0.570. The van der Waals surface area contributed by atoms with E-state index in [1.807, 2.05) is 27.1 Å². The van der Waals surface area contributed by atoms with E-state index in [1.165, 1.54) is 0 Å². The second-order valence-corrected chi connectivity index (χ2v) is 2.13. The monoisotopic (exact) mass is 144 g/mol. The molecule has 0 atom stereocenters. The van der Waals surface area contributed by atoms with E-state index in [0.717, 1.165) is 10.7 Å². The lowest BCUT2D eigenvalue weighted by atomic mass is 10.4. The highest BCUT2D eigenvalue weighted by atomic mass is 32.1. The summed E-state index contributed by atoms with van der Waals surface area (Å²) in [4.78, 5) is 0.752. The summed E-state index contributed by atoms with van der Waals surface area (Å²) in [7, 11) is 3.67. The second-order valence-electron chi connectivity index (χ2n) is 1.69. The molecule has 0 saturated carbocycles. The Morgan fingerprint density at radius 3 is 2.22 bits per heavy atom. The number of likely N-dealkylation sites (N-methyl/N-ethyl adjacent to an activating group) is 1. The summed E-state index contributed by atoms with van der Waals surface area (Å²) in [5.41, 5.74) is 1.06. The van der Waals surface area contributed by atoms with Gasteiger partial charge in [-0.25, -0.2) is 0 Å². The van der Waals surface area contributed by atoms with Crippen LogP contribution in [-0.2, 0) is 0 Å². The number of allylic oxidation sites excluding steroid dienone is 1. The molecule has 3 heteroatoms. The third kappa shape index (κ3) is 3.97. The molecule has 0 radical (unpaired) electrons. The first kappa shape index (κ1) is 8.43. The van der Waals surface area contributed by atoms with E-state index in [0.29, 0.717) is 0 Å². The highest BCUT2D eigenvalue weighted by molar-refractivity contribution is 7.80. The fourth-order valence-corrected chi connectivity index (χ4v) is 0.518. The summed E-state index contributed by atoms with van der Waals surface area (Å²) in [5.74, 6) is 0. The van der Waals surface area contributed by atoms with Crippen molar-refractivity contribution in [3.8, 4) is 0 Å². The van der Waals surface area contributed by atoms with E-state index >= 15 is 0 Å². The van der Waals surface area contributed by atoms with E-state index in [-0.39, 0.29) is 0 Å². The molecule has 0 spiro atoms. The van der Waals surface area contributed by atoms with Gasteiger partial charge in [-0.15, -0.1) is 0 Å². The summed E-state index contributed by atoms with van der Waals surface area (Å²) in [5, 5.41) is 5.81. The highest BCUT2D eigenvalue weighted by Gasteiger charge is 1.84. The van der Waals surface area contributed by atoms with E-state index in [2.05, 4.69) is 10.6 Å². The molecule has 0 rings (SSSR count). The van der Waals surface area contributed by atoms with Gasteiger partial charge in [0.15, 0.2) is 0 Å². The van der Waals surface area contributed by atoms with Crippen LogP contribution in [0.2, 0.25) is 0 Å². The van der Waals surface area contributed by atoms with E-state index in [4.69, 9.17) is 12.2 Å². The quantitative estimate of drug-likeness (QED) is 0.440. The lowest BCUT2D eigenvalue weighted by Gasteiger charge is -1.98. The molecule has 0 amide bonds. The first-order valence-corrected chi connectivity index (χ1v) is 3.19. The van der Waals surface area contributed by atoms with Crippen LogP contribution < -0.4 is 10.6 Å². The Balaban J connectivity index is 3.79. The smallest absolute Gasteiger partial charge is 0.100 e. The van der Waals surface area contributed by atoms with Crippen LogP contribution in [-0.4, -0.2) is 19.1 Å². The topological polar surface area (TPSA) is 24.1 Å². The number of rotatable bonds is 2. The first-order valence-electron chi connectivity index (χ1n) is 2.78. The largest absolute Gasteiger partial charge is 0.392 e. The van der Waals surface area contributed by atoms with Crippen LogP contribution in [0.5, 0.6) is 0 Å². The second kappa shape index (κ2) is 4.32. The summed E-state index contributed by atoms with van der Waals surface area (Å²) in [6.45, 7) is 1.96. The normalized spacial score (nSPS) is 10.8. The lowest BCUT2D eigenvalue weighted by molar-refractivity contribution is 0.991. The molecule has 0 aliphatic carbocycles. The SMILES string of the molecule is CNC(=S)/C=C(\C)NC. The minimum absolute atomic E-state index is 0.752. The highest BCUT2D eigenvalue weighted by Crippen LogP contribution is 1.83. The molecule has 0 aromatic carbocycles. The predicted molar refractivity (Wildman–Crippen MR) is 44.5 cm³/mol. The predicted octanol–water partition coefficient (Wildman–Crippen LogP) is 0.656. The van der Waals surface area contributed by atoms with E-state index in [1.54, 1.807) is 0 Å². The molecule has 0 aliphatic rings. The number of nitrogens with one attached hydrogen (secondary N) is 2. The molecule has 0 fully saturated rings. The van der Waals surface area contributed by atoms with Gasteiger partial charge in [-0.2, -0.15) is 0 Å². The lowest BCUT2D eigenvalue weighted by Crippen LogP contribution is -2.14. The minimum atomic E-state index is 0.752. The zero-order valence-corrected chi connectivity index (χ0v) is 6.80. The maximum Gasteiger partial charge on any atom is 0.100 e. The van der Waals surface area contributed by atoms with Crippen LogP contribution in [0.3, 0.4) is 0 Å². The zero-order chi connectivity index (χ0) is 7.28. The van der Waals surface area contributed by atoms with Crippen molar-refractivity contribution in [1.82, 2.24) is 10.6 Å². The molecule has 0 heterocycles. The van der Waals surface area contributed by atoms with Gasteiger partial charge in [0, 0.05) is 19.8 Å². The van der Waals surface area contributed by atoms with Gasteiger partial charge in [0.2, 0.25) is 0 Å². The van der Waals surface area contributed by atoms with Crippen LogP contribution >= 0.6 is 12.2 Å². The average Bonchev–Trinajstić information content (AvgIpc) is 1.87. The molecule has 0 unspecified atom stereocenters. The Labute approximate surface area is 61.3 Å². The molecule has 9 heavy (non-hydrogen) atoms. The Morgan fingerprint density at radius 1 is 1.33 bits per heavy atom. The van der Waals surface area contributed by atoms with Crippen LogP contribution in [0, 0.1) is 0 Å². The third-order valence-electron chi connectivity index (χ3n) is 0.988. The molecule has 2 nitrogen and oxygen atoms in total. The molecule has 2 N–H and O–H groups in total. The van der Waals surface area contributed by atoms with Gasteiger partial charge >= 0.3 is 0 Å². The van der Waals surface area contributed by atoms with Crippen LogP contribution in [0.1, 0.15) is 6.92 Å². The Kier molecular flexibility index (Phi) is 4.05. The average molecular weight is 144 g/mol. The fourth-order valence-electron chi connectivity index (χ4n) is 0.341. The summed E-state index contributed by atoms with van der Waals surface area (Å²) in [6.07, 6.45) is 1.87. The van der Waals surface area contributed by atoms with Crippen molar-refractivity contribution in [1.29, 1.82) is 0 Å². The summed E-state index contributed by atoms with van der Waals surface area (Å²) >= 11 is 4.87. The van der Waals surface area contributed by atoms with Crippen molar-refractivity contribution in [2.24, 2.45) is 0 Å². The maximum atomic E-state index is 4.87. The van der Waals surface area contributed by atoms with Crippen molar-refractivity contribution in [2.45, 2.75) is 6.92 Å². The van der Waals surface area contributed by atoms with Crippen molar-refractivity contribution in [2.75, 3.05) is 14.1 Å². The molecule has 52 valence electrons. The van der Waals surface area contributed by atoms with E-state index in [9.17, 15) is 0 Å². The molecule has 0 aliphatic heterocycles. The molecule has 0 saturated heterocycles. The fraction of sp³-hybridized carbons (Fsp3) is 0.500.